The zero-order chi connectivity index (χ0) is 16.2. The number of carbonyl (C=O) groups is 1. The molecule has 0 atom stereocenters. The van der Waals surface area contributed by atoms with E-state index in [-0.39, 0.29) is 6.03 Å². The molecule has 4 nitrogen and oxygen atoms in total. The van der Waals surface area contributed by atoms with Crippen LogP contribution in [0.3, 0.4) is 0 Å². The van der Waals surface area contributed by atoms with Gasteiger partial charge >= 0.3 is 6.03 Å². The van der Waals surface area contributed by atoms with Crippen molar-refractivity contribution in [3.8, 4) is 5.75 Å². The summed E-state index contributed by atoms with van der Waals surface area (Å²) in [5, 5.41) is 5.88. The Morgan fingerprint density at radius 2 is 1.77 bits per heavy atom. The van der Waals surface area contributed by atoms with E-state index in [1.54, 1.807) is 7.11 Å². The molecule has 116 valence electrons. The van der Waals surface area contributed by atoms with Gasteiger partial charge in [-0.1, -0.05) is 36.4 Å². The number of hydrogen-bond donors (Lipinski definition) is 2. The molecule has 2 aromatic rings. The van der Waals surface area contributed by atoms with Crippen molar-refractivity contribution < 1.29 is 9.53 Å². The third kappa shape index (κ3) is 3.79. The van der Waals surface area contributed by atoms with Gasteiger partial charge in [0.25, 0.3) is 0 Å². The summed E-state index contributed by atoms with van der Waals surface area (Å²) >= 11 is 0. The van der Waals surface area contributed by atoms with Crippen LogP contribution in [-0.4, -0.2) is 13.1 Å². The van der Waals surface area contributed by atoms with Crippen molar-refractivity contribution in [2.75, 3.05) is 12.4 Å². The van der Waals surface area contributed by atoms with Crippen molar-refractivity contribution in [3.05, 3.63) is 59.7 Å². The maximum absolute atomic E-state index is 12.3. The summed E-state index contributed by atoms with van der Waals surface area (Å²) in [6, 6.07) is 15.2. The number of anilines is 1. The van der Waals surface area contributed by atoms with Crippen LogP contribution in [0.5, 0.6) is 5.75 Å². The molecule has 2 rings (SSSR count). The van der Waals surface area contributed by atoms with Gasteiger partial charge in [0.15, 0.2) is 0 Å². The fourth-order valence-corrected chi connectivity index (χ4v) is 2.23. The van der Waals surface area contributed by atoms with E-state index in [0.717, 1.165) is 16.8 Å². The molecule has 4 heteroatoms. The lowest BCUT2D eigenvalue weighted by Gasteiger charge is -2.27. The molecule has 0 unspecified atom stereocenters. The first-order chi connectivity index (χ1) is 10.4. The maximum Gasteiger partial charge on any atom is 0.319 e. The van der Waals surface area contributed by atoms with Gasteiger partial charge in [-0.05, 0) is 38.0 Å². The van der Waals surface area contributed by atoms with E-state index in [4.69, 9.17) is 4.74 Å². The number of rotatable bonds is 4. The molecular weight excluding hydrogens is 276 g/mol. The highest BCUT2D eigenvalue weighted by molar-refractivity contribution is 5.90. The highest BCUT2D eigenvalue weighted by atomic mass is 16.5. The molecule has 0 aliphatic heterocycles. The first kappa shape index (κ1) is 15.9. The van der Waals surface area contributed by atoms with Gasteiger partial charge in [-0.25, -0.2) is 4.79 Å². The van der Waals surface area contributed by atoms with E-state index in [2.05, 4.69) is 10.6 Å². The van der Waals surface area contributed by atoms with Crippen LogP contribution in [0.1, 0.15) is 25.0 Å². The van der Waals surface area contributed by atoms with Crippen molar-refractivity contribution in [1.29, 1.82) is 0 Å². The predicted octanol–water partition coefficient (Wildman–Crippen LogP) is 4.06. The van der Waals surface area contributed by atoms with Crippen LogP contribution in [0.15, 0.2) is 48.5 Å². The van der Waals surface area contributed by atoms with Gasteiger partial charge in [-0.2, -0.15) is 0 Å². The van der Waals surface area contributed by atoms with Crippen molar-refractivity contribution in [3.63, 3.8) is 0 Å². The summed E-state index contributed by atoms with van der Waals surface area (Å²) in [6.07, 6.45) is 0. The molecule has 0 saturated heterocycles. The number of hydrogen-bond acceptors (Lipinski definition) is 2. The monoisotopic (exact) mass is 298 g/mol. The van der Waals surface area contributed by atoms with Crippen LogP contribution in [0.25, 0.3) is 0 Å². The number of ether oxygens (including phenoxy) is 1. The maximum atomic E-state index is 12.3. The average molecular weight is 298 g/mol. The summed E-state index contributed by atoms with van der Waals surface area (Å²) in [7, 11) is 1.60. The Labute approximate surface area is 131 Å². The lowest BCUT2D eigenvalue weighted by atomic mass is 9.95. The van der Waals surface area contributed by atoms with Gasteiger partial charge in [0.2, 0.25) is 0 Å². The van der Waals surface area contributed by atoms with Gasteiger partial charge in [0.1, 0.15) is 5.75 Å². The molecule has 2 N–H and O–H groups in total. The third-order valence-electron chi connectivity index (χ3n) is 3.61. The molecule has 2 aromatic carbocycles. The predicted molar refractivity (Wildman–Crippen MR) is 89.4 cm³/mol. The Balaban J connectivity index is 2.10. The van der Waals surface area contributed by atoms with Crippen LogP contribution in [0.4, 0.5) is 10.5 Å². The Morgan fingerprint density at radius 1 is 1.09 bits per heavy atom. The number of amides is 2. The van der Waals surface area contributed by atoms with Crippen molar-refractivity contribution >= 4 is 11.7 Å². The zero-order valence-electron chi connectivity index (χ0n) is 13.4. The van der Waals surface area contributed by atoms with Crippen LogP contribution < -0.4 is 15.4 Å². The number of methoxy groups -OCH3 is 1. The first-order valence-corrected chi connectivity index (χ1v) is 7.22. The highest BCUT2D eigenvalue weighted by Gasteiger charge is 2.22. The highest BCUT2D eigenvalue weighted by Crippen LogP contribution is 2.23. The number of urea groups is 1. The summed E-state index contributed by atoms with van der Waals surface area (Å²) in [6.45, 7) is 5.89. The quantitative estimate of drug-likeness (QED) is 0.894. The Kier molecular flexibility index (Phi) is 4.71. The minimum absolute atomic E-state index is 0.245. The van der Waals surface area contributed by atoms with E-state index in [1.807, 2.05) is 69.3 Å². The second kappa shape index (κ2) is 6.52. The summed E-state index contributed by atoms with van der Waals surface area (Å²) in [5.74, 6) is 0.711. The standard InChI is InChI=1S/C18H22N2O2/c1-13-10-11-15(22-4)12-16(13)19-17(21)20-18(2,3)14-8-6-5-7-9-14/h5-12H,1-4H3,(H2,19,20,21). The van der Waals surface area contributed by atoms with Crippen LogP contribution in [0, 0.1) is 6.92 Å². The summed E-state index contributed by atoms with van der Waals surface area (Å²) < 4.78 is 5.19. The molecule has 2 amide bonds. The fourth-order valence-electron chi connectivity index (χ4n) is 2.23. The molecule has 22 heavy (non-hydrogen) atoms. The van der Waals surface area contributed by atoms with E-state index >= 15 is 0 Å². The molecule has 0 bridgehead atoms. The minimum atomic E-state index is -0.460. The van der Waals surface area contributed by atoms with Crippen LogP contribution in [-0.2, 0) is 5.54 Å². The van der Waals surface area contributed by atoms with Gasteiger partial charge in [0, 0.05) is 11.8 Å². The van der Waals surface area contributed by atoms with E-state index < -0.39 is 5.54 Å². The van der Waals surface area contributed by atoms with E-state index in [1.165, 1.54) is 0 Å². The molecule has 0 aromatic heterocycles. The largest absolute Gasteiger partial charge is 0.497 e. The lowest BCUT2D eigenvalue weighted by molar-refractivity contribution is 0.242. The molecule has 0 aliphatic carbocycles. The fraction of sp³-hybridized carbons (Fsp3) is 0.278. The van der Waals surface area contributed by atoms with Crippen molar-refractivity contribution in [2.24, 2.45) is 0 Å². The number of nitrogens with one attached hydrogen (secondary N) is 2. The Hall–Kier alpha value is -2.49. The van der Waals surface area contributed by atoms with Crippen LogP contribution in [0.2, 0.25) is 0 Å². The summed E-state index contributed by atoms with van der Waals surface area (Å²) in [4.78, 5) is 12.3. The minimum Gasteiger partial charge on any atom is -0.497 e. The van der Waals surface area contributed by atoms with E-state index in [0.29, 0.717) is 5.75 Å². The summed E-state index contributed by atoms with van der Waals surface area (Å²) in [5.41, 5.74) is 2.31. The number of aryl methyl sites for hydroxylation is 1. The Morgan fingerprint density at radius 3 is 2.41 bits per heavy atom. The Bertz CT molecular complexity index is 651. The third-order valence-corrected chi connectivity index (χ3v) is 3.61. The number of benzene rings is 2. The van der Waals surface area contributed by atoms with Crippen molar-refractivity contribution in [2.45, 2.75) is 26.3 Å². The topological polar surface area (TPSA) is 50.4 Å². The second-order valence-electron chi connectivity index (χ2n) is 5.75. The lowest BCUT2D eigenvalue weighted by Crippen LogP contribution is -2.43. The van der Waals surface area contributed by atoms with Gasteiger partial charge in [-0.15, -0.1) is 0 Å². The zero-order valence-corrected chi connectivity index (χ0v) is 13.4. The molecule has 0 spiro atoms. The smallest absolute Gasteiger partial charge is 0.319 e. The molecular formula is C18H22N2O2. The van der Waals surface area contributed by atoms with E-state index in [9.17, 15) is 4.79 Å². The molecule has 0 saturated carbocycles. The second-order valence-corrected chi connectivity index (χ2v) is 5.75. The first-order valence-electron chi connectivity index (χ1n) is 7.22. The molecule has 0 radical (unpaired) electrons. The SMILES string of the molecule is COc1ccc(C)c(NC(=O)NC(C)(C)c2ccccc2)c1. The van der Waals surface area contributed by atoms with Crippen LogP contribution >= 0.6 is 0 Å². The van der Waals surface area contributed by atoms with Crippen molar-refractivity contribution in [1.82, 2.24) is 5.32 Å². The van der Waals surface area contributed by atoms with Gasteiger partial charge in [0.05, 0.1) is 12.6 Å². The van der Waals surface area contributed by atoms with Gasteiger partial charge < -0.3 is 15.4 Å². The molecule has 0 fully saturated rings. The molecule has 0 heterocycles. The normalized spacial score (nSPS) is 10.9. The average Bonchev–Trinajstić information content (AvgIpc) is 2.50. The molecule has 0 aliphatic rings. The number of carbonyl (C=O) groups excluding carboxylic acids is 1. The van der Waals surface area contributed by atoms with Gasteiger partial charge in [-0.3, -0.25) is 0 Å².